The highest BCUT2D eigenvalue weighted by atomic mass is 35.5. The van der Waals surface area contributed by atoms with Gasteiger partial charge in [0.15, 0.2) is 0 Å². The van der Waals surface area contributed by atoms with Gasteiger partial charge in [-0.2, -0.15) is 0 Å². The minimum absolute atomic E-state index is 0.0207. The average molecular weight is 490 g/mol. The van der Waals surface area contributed by atoms with Crippen LogP contribution in [0.4, 0.5) is 4.79 Å². The van der Waals surface area contributed by atoms with Crippen molar-refractivity contribution in [1.29, 1.82) is 0 Å². The number of carbonyl (C=O) groups is 3. The highest BCUT2D eigenvalue weighted by molar-refractivity contribution is 6.30. The van der Waals surface area contributed by atoms with Crippen molar-refractivity contribution >= 4 is 29.5 Å². The monoisotopic (exact) mass is 489 g/mol. The number of benzene rings is 1. The summed E-state index contributed by atoms with van der Waals surface area (Å²) >= 11 is 6.07. The van der Waals surface area contributed by atoms with Crippen LogP contribution in [-0.2, 0) is 14.3 Å². The molecule has 2 unspecified atom stereocenters. The number of halogens is 1. The molecule has 1 spiro atoms. The van der Waals surface area contributed by atoms with Crippen LogP contribution in [0.25, 0.3) is 0 Å². The molecule has 4 atom stereocenters. The Kier molecular flexibility index (Phi) is 6.87. The number of nitrogens with one attached hydrogen (secondary N) is 2. The molecule has 34 heavy (non-hydrogen) atoms. The first-order chi connectivity index (χ1) is 16.0. The van der Waals surface area contributed by atoms with Crippen LogP contribution in [0.5, 0.6) is 0 Å². The fourth-order valence-corrected chi connectivity index (χ4v) is 6.03. The number of nitrogens with zero attached hydrogens (tertiary/aromatic N) is 1. The lowest BCUT2D eigenvalue weighted by Crippen LogP contribution is -2.56. The van der Waals surface area contributed by atoms with Crippen molar-refractivity contribution in [3.63, 3.8) is 0 Å². The van der Waals surface area contributed by atoms with Gasteiger partial charge in [-0.15, -0.1) is 0 Å². The molecule has 1 aromatic rings. The molecule has 1 aromatic carbocycles. The van der Waals surface area contributed by atoms with E-state index in [1.807, 2.05) is 30.9 Å². The van der Waals surface area contributed by atoms with Gasteiger partial charge in [-0.05, 0) is 54.2 Å². The molecule has 3 amide bonds. The molecule has 0 radical (unpaired) electrons. The molecule has 1 saturated carbocycles. The van der Waals surface area contributed by atoms with Crippen molar-refractivity contribution in [2.45, 2.75) is 70.9 Å². The Balaban J connectivity index is 1.40. The van der Waals surface area contributed by atoms with Crippen molar-refractivity contribution in [3.8, 4) is 0 Å². The Morgan fingerprint density at radius 3 is 2.50 bits per heavy atom. The normalized spacial score (nSPS) is 29.1. The van der Waals surface area contributed by atoms with Gasteiger partial charge in [0.05, 0.1) is 6.54 Å². The van der Waals surface area contributed by atoms with Crippen molar-refractivity contribution in [1.82, 2.24) is 15.5 Å². The molecule has 2 aliphatic heterocycles. The Hall–Kier alpha value is -2.28. The fraction of sp³-hybridized carbons (Fsp3) is 0.654. The molecule has 0 bridgehead atoms. The van der Waals surface area contributed by atoms with Crippen LogP contribution in [0, 0.1) is 17.3 Å². The van der Waals surface area contributed by atoms with Crippen LogP contribution in [0.1, 0.15) is 64.9 Å². The van der Waals surface area contributed by atoms with Gasteiger partial charge in [-0.1, -0.05) is 51.4 Å². The molecule has 1 aliphatic carbocycles. The van der Waals surface area contributed by atoms with Gasteiger partial charge in [-0.3, -0.25) is 9.59 Å². The lowest BCUT2D eigenvalue weighted by atomic mass is 9.70. The standard InChI is InChI=1S/C26H36ClN3O4/c1-16(2)21(29-22(31)18-9-11-26(13-18)14-28-24(33)34-26)23(32)30-12-10-20(25(3,4)15-30)17-5-7-19(27)8-6-17/h5-8,16,18,20-21H,9-15H2,1-4H3,(H,28,33)(H,29,31)/t18-,20?,21-,26?/m1/s1. The van der Waals surface area contributed by atoms with E-state index in [2.05, 4.69) is 36.6 Å². The summed E-state index contributed by atoms with van der Waals surface area (Å²) in [5.74, 6) is -0.100. The van der Waals surface area contributed by atoms with Gasteiger partial charge in [-0.25, -0.2) is 4.79 Å². The SMILES string of the molecule is CC(C)[C@@H](NC(=O)[C@@H]1CCC2(CNC(=O)O2)C1)C(=O)N1CCC(c2ccc(Cl)cc2)C(C)(C)C1. The van der Waals surface area contributed by atoms with E-state index in [1.54, 1.807) is 0 Å². The third kappa shape index (κ3) is 5.04. The van der Waals surface area contributed by atoms with E-state index in [9.17, 15) is 14.4 Å². The Bertz CT molecular complexity index is 948. The van der Waals surface area contributed by atoms with Gasteiger partial charge >= 0.3 is 6.09 Å². The van der Waals surface area contributed by atoms with E-state index in [4.69, 9.17) is 16.3 Å². The second-order valence-electron chi connectivity index (χ2n) is 11.2. The van der Waals surface area contributed by atoms with Crippen LogP contribution in [0.15, 0.2) is 24.3 Å². The maximum atomic E-state index is 13.6. The van der Waals surface area contributed by atoms with Gasteiger partial charge in [0.2, 0.25) is 11.8 Å². The zero-order valence-electron chi connectivity index (χ0n) is 20.5. The van der Waals surface area contributed by atoms with Crippen molar-refractivity contribution in [2.75, 3.05) is 19.6 Å². The fourth-order valence-electron chi connectivity index (χ4n) is 5.91. The van der Waals surface area contributed by atoms with E-state index in [0.717, 1.165) is 11.4 Å². The summed E-state index contributed by atoms with van der Waals surface area (Å²) in [4.78, 5) is 40.1. The molecule has 8 heteroatoms. The van der Waals surface area contributed by atoms with Crippen LogP contribution in [0.2, 0.25) is 5.02 Å². The number of carbonyl (C=O) groups excluding carboxylic acids is 3. The average Bonchev–Trinajstić information content (AvgIpc) is 3.36. The first-order valence-corrected chi connectivity index (χ1v) is 12.7. The Morgan fingerprint density at radius 2 is 1.91 bits per heavy atom. The van der Waals surface area contributed by atoms with E-state index in [-0.39, 0.29) is 29.1 Å². The number of rotatable bonds is 5. The summed E-state index contributed by atoms with van der Waals surface area (Å²) in [6.45, 7) is 10.1. The molecular formula is C26H36ClN3O4. The number of ether oxygens (including phenoxy) is 1. The quantitative estimate of drug-likeness (QED) is 0.651. The van der Waals surface area contributed by atoms with Crippen LogP contribution >= 0.6 is 11.6 Å². The Morgan fingerprint density at radius 1 is 1.21 bits per heavy atom. The van der Waals surface area contributed by atoms with Crippen LogP contribution in [0.3, 0.4) is 0 Å². The summed E-state index contributed by atoms with van der Waals surface area (Å²) in [5, 5.41) is 6.46. The van der Waals surface area contributed by atoms with Gasteiger partial charge in [0.1, 0.15) is 11.6 Å². The summed E-state index contributed by atoms with van der Waals surface area (Å²) in [6, 6.07) is 7.43. The molecule has 2 heterocycles. The highest BCUT2D eigenvalue weighted by Crippen LogP contribution is 2.43. The summed E-state index contributed by atoms with van der Waals surface area (Å²) in [6.07, 6.45) is 2.26. The third-order valence-corrected chi connectivity index (χ3v) is 8.10. The van der Waals surface area contributed by atoms with E-state index in [0.29, 0.717) is 44.8 Å². The van der Waals surface area contributed by atoms with Crippen LogP contribution in [-0.4, -0.2) is 54.1 Å². The predicted molar refractivity (Wildman–Crippen MR) is 130 cm³/mol. The van der Waals surface area contributed by atoms with Crippen molar-refractivity contribution in [2.24, 2.45) is 17.3 Å². The molecule has 0 aromatic heterocycles. The number of likely N-dealkylation sites (tertiary alicyclic amines) is 1. The number of piperidine rings is 1. The first-order valence-electron chi connectivity index (χ1n) is 12.3. The maximum absolute atomic E-state index is 13.6. The van der Waals surface area contributed by atoms with Crippen molar-refractivity contribution in [3.05, 3.63) is 34.9 Å². The highest BCUT2D eigenvalue weighted by Gasteiger charge is 2.49. The minimum atomic E-state index is -0.579. The second-order valence-corrected chi connectivity index (χ2v) is 11.7. The summed E-state index contributed by atoms with van der Waals surface area (Å²) in [7, 11) is 0. The largest absolute Gasteiger partial charge is 0.441 e. The Labute approximate surface area is 206 Å². The van der Waals surface area contributed by atoms with E-state index >= 15 is 0 Å². The molecular weight excluding hydrogens is 454 g/mol. The first kappa shape index (κ1) is 24.8. The molecule has 2 N–H and O–H groups in total. The number of hydrogen-bond acceptors (Lipinski definition) is 4. The molecule has 4 rings (SSSR count). The summed E-state index contributed by atoms with van der Waals surface area (Å²) in [5.41, 5.74) is 0.557. The lowest BCUT2D eigenvalue weighted by molar-refractivity contribution is -0.141. The maximum Gasteiger partial charge on any atom is 0.407 e. The smallest absolute Gasteiger partial charge is 0.407 e. The molecule has 2 saturated heterocycles. The number of hydrogen-bond donors (Lipinski definition) is 2. The van der Waals surface area contributed by atoms with Gasteiger partial charge < -0.3 is 20.3 Å². The molecule has 3 fully saturated rings. The van der Waals surface area contributed by atoms with Crippen LogP contribution < -0.4 is 10.6 Å². The molecule has 3 aliphatic rings. The van der Waals surface area contributed by atoms with E-state index < -0.39 is 17.7 Å². The lowest BCUT2D eigenvalue weighted by Gasteiger charge is -2.46. The minimum Gasteiger partial charge on any atom is -0.441 e. The number of alkyl carbamates (subject to hydrolysis) is 1. The van der Waals surface area contributed by atoms with Crippen molar-refractivity contribution < 1.29 is 19.1 Å². The summed E-state index contributed by atoms with van der Waals surface area (Å²) < 4.78 is 5.45. The van der Waals surface area contributed by atoms with Gasteiger partial charge in [0.25, 0.3) is 0 Å². The zero-order chi connectivity index (χ0) is 24.7. The molecule has 7 nitrogen and oxygen atoms in total. The predicted octanol–water partition coefficient (Wildman–Crippen LogP) is 4.10. The number of amides is 3. The second kappa shape index (κ2) is 9.40. The third-order valence-electron chi connectivity index (χ3n) is 7.85. The van der Waals surface area contributed by atoms with E-state index in [1.165, 1.54) is 5.56 Å². The van der Waals surface area contributed by atoms with Gasteiger partial charge in [0, 0.05) is 30.5 Å². The zero-order valence-corrected chi connectivity index (χ0v) is 21.3. The molecule has 186 valence electrons. The topological polar surface area (TPSA) is 87.7 Å².